The van der Waals surface area contributed by atoms with E-state index < -0.39 is 10.1 Å². The van der Waals surface area contributed by atoms with E-state index in [4.69, 9.17) is 0 Å². The molecule has 0 spiro atoms. The lowest BCUT2D eigenvalue weighted by Gasteiger charge is -2.00. The molecular formula is C20H21NO3S. The quantitative estimate of drug-likeness (QED) is 0.530. The predicted molar refractivity (Wildman–Crippen MR) is 101 cm³/mol. The van der Waals surface area contributed by atoms with Gasteiger partial charge in [-0.1, -0.05) is 55.5 Å². The molecule has 0 aliphatic rings. The highest BCUT2D eigenvalue weighted by Gasteiger charge is 1.97. The Balaban J connectivity index is 0.000000277. The Morgan fingerprint density at radius 1 is 0.960 bits per heavy atom. The number of hydrogen-bond donors (Lipinski definition) is 0. The van der Waals surface area contributed by atoms with Crippen LogP contribution in [0.3, 0.4) is 0 Å². The summed E-state index contributed by atoms with van der Waals surface area (Å²) in [5, 5.41) is 2.56. The highest BCUT2D eigenvalue weighted by molar-refractivity contribution is 7.85. The van der Waals surface area contributed by atoms with Gasteiger partial charge in [0.15, 0.2) is 18.6 Å². The van der Waals surface area contributed by atoms with E-state index in [2.05, 4.69) is 54.7 Å². The van der Waals surface area contributed by atoms with E-state index >= 15 is 0 Å². The maximum absolute atomic E-state index is 9.68. The van der Waals surface area contributed by atoms with Crippen molar-refractivity contribution in [3.05, 3.63) is 78.6 Å². The monoisotopic (exact) mass is 355 g/mol. The van der Waals surface area contributed by atoms with Crippen LogP contribution >= 0.6 is 0 Å². The normalized spacial score (nSPS) is 11.3. The molecule has 0 unspecified atom stereocenters. The van der Waals surface area contributed by atoms with Crippen molar-refractivity contribution in [2.45, 2.75) is 13.3 Å². The predicted octanol–water partition coefficient (Wildman–Crippen LogP) is 3.70. The molecule has 0 amide bonds. The van der Waals surface area contributed by atoms with Crippen LogP contribution in [0.25, 0.3) is 23.0 Å². The Hall–Kier alpha value is -2.50. The van der Waals surface area contributed by atoms with Crippen LogP contribution in [0.1, 0.15) is 18.9 Å². The molecule has 3 rings (SSSR count). The van der Waals surface area contributed by atoms with Crippen molar-refractivity contribution >= 4 is 33.2 Å². The lowest BCUT2D eigenvalue weighted by atomic mass is 10.0. The fourth-order valence-electron chi connectivity index (χ4n) is 2.32. The summed E-state index contributed by atoms with van der Waals surface area (Å²) in [4.78, 5) is 0. The minimum atomic E-state index is -3.92. The molecule has 0 aliphatic carbocycles. The summed E-state index contributed by atoms with van der Waals surface area (Å²) >= 11 is 0. The number of pyridine rings is 1. The van der Waals surface area contributed by atoms with Gasteiger partial charge in [-0.15, -0.1) is 0 Å². The first-order valence-corrected chi connectivity index (χ1v) is 9.62. The lowest BCUT2D eigenvalue weighted by molar-refractivity contribution is -0.567. The summed E-state index contributed by atoms with van der Waals surface area (Å²) in [5.41, 5.74) is 1.24. The molecule has 0 fully saturated rings. The maximum Gasteiger partial charge on any atom is 0.175 e. The third-order valence-corrected chi connectivity index (χ3v) is 4.35. The maximum atomic E-state index is 9.68. The minimum Gasteiger partial charge on any atom is -0.748 e. The topological polar surface area (TPSA) is 61.1 Å². The van der Waals surface area contributed by atoms with Gasteiger partial charge in [0, 0.05) is 24.0 Å². The SMILES string of the molecule is C(=C[n+]1ccccc1)c1cccc2ccccc12.CCCS(=O)(=O)[O-]. The van der Waals surface area contributed by atoms with Gasteiger partial charge in [-0.25, -0.2) is 8.42 Å². The summed E-state index contributed by atoms with van der Waals surface area (Å²) in [6, 6.07) is 20.9. The van der Waals surface area contributed by atoms with E-state index in [0.29, 0.717) is 6.42 Å². The standard InChI is InChI=1S/C17H14N.C3H8O3S/c1-4-12-18(13-5-1)14-11-16-9-6-8-15-7-2-3-10-17(15)16;1-2-3-7(4,5)6/h1-14H;2-3H2,1H3,(H,4,5,6)/q+1;/p-1. The van der Waals surface area contributed by atoms with Crippen molar-refractivity contribution in [3.8, 4) is 0 Å². The van der Waals surface area contributed by atoms with E-state index in [-0.39, 0.29) is 5.75 Å². The Kier molecular flexibility index (Phi) is 6.86. The number of fused-ring (bicyclic) bond motifs is 1. The van der Waals surface area contributed by atoms with Crippen LogP contribution in [0.4, 0.5) is 0 Å². The zero-order valence-corrected chi connectivity index (χ0v) is 14.9. The first-order valence-electron chi connectivity index (χ1n) is 8.05. The van der Waals surface area contributed by atoms with Gasteiger partial charge in [0.05, 0.1) is 10.1 Å². The Labute approximate surface area is 148 Å². The van der Waals surface area contributed by atoms with Crippen LogP contribution in [0.2, 0.25) is 0 Å². The van der Waals surface area contributed by atoms with Gasteiger partial charge in [-0.3, -0.25) is 0 Å². The van der Waals surface area contributed by atoms with E-state index in [1.54, 1.807) is 6.92 Å². The van der Waals surface area contributed by atoms with Crippen LogP contribution in [0, 0.1) is 0 Å². The molecule has 3 aromatic rings. The second kappa shape index (κ2) is 9.11. The Bertz CT molecular complexity index is 930. The van der Waals surface area contributed by atoms with Crippen LogP contribution in [-0.4, -0.2) is 18.7 Å². The molecule has 130 valence electrons. The van der Waals surface area contributed by atoms with Crippen molar-refractivity contribution < 1.29 is 17.5 Å². The number of nitrogens with zero attached hydrogens (tertiary/aromatic N) is 1. The Morgan fingerprint density at radius 3 is 2.28 bits per heavy atom. The van der Waals surface area contributed by atoms with Crippen LogP contribution < -0.4 is 4.57 Å². The zero-order chi connectivity index (χ0) is 18.1. The smallest absolute Gasteiger partial charge is 0.175 e. The molecule has 0 atom stereocenters. The summed E-state index contributed by atoms with van der Waals surface area (Å²) < 4.78 is 31.1. The van der Waals surface area contributed by atoms with Crippen molar-refractivity contribution in [1.82, 2.24) is 0 Å². The van der Waals surface area contributed by atoms with Gasteiger partial charge < -0.3 is 4.55 Å². The van der Waals surface area contributed by atoms with E-state index in [0.717, 1.165) is 0 Å². The second-order valence-electron chi connectivity index (χ2n) is 5.47. The lowest BCUT2D eigenvalue weighted by Crippen LogP contribution is -2.23. The van der Waals surface area contributed by atoms with Crippen molar-refractivity contribution in [2.24, 2.45) is 0 Å². The highest BCUT2D eigenvalue weighted by Crippen LogP contribution is 2.19. The number of benzene rings is 2. The molecule has 0 aliphatic heterocycles. The molecule has 0 N–H and O–H groups in total. The molecule has 0 saturated heterocycles. The third kappa shape index (κ3) is 6.49. The zero-order valence-electron chi connectivity index (χ0n) is 14.1. The number of hydrogen-bond acceptors (Lipinski definition) is 3. The molecule has 0 radical (unpaired) electrons. The molecule has 0 saturated carbocycles. The van der Waals surface area contributed by atoms with Gasteiger partial charge in [0.2, 0.25) is 0 Å². The largest absolute Gasteiger partial charge is 0.748 e. The van der Waals surface area contributed by atoms with Crippen molar-refractivity contribution in [3.63, 3.8) is 0 Å². The first-order chi connectivity index (χ1) is 12.0. The highest BCUT2D eigenvalue weighted by atomic mass is 32.2. The van der Waals surface area contributed by atoms with Crippen molar-refractivity contribution in [1.29, 1.82) is 0 Å². The summed E-state index contributed by atoms with van der Waals surface area (Å²) in [6.45, 7) is 1.65. The number of aromatic nitrogens is 1. The molecule has 2 aromatic carbocycles. The third-order valence-electron chi connectivity index (χ3n) is 3.44. The average molecular weight is 355 g/mol. The second-order valence-corrected chi connectivity index (χ2v) is 6.99. The van der Waals surface area contributed by atoms with E-state index in [1.165, 1.54) is 16.3 Å². The molecule has 1 heterocycles. The minimum absolute atomic E-state index is 0.243. The molecule has 25 heavy (non-hydrogen) atoms. The molecular weight excluding hydrogens is 334 g/mol. The molecule has 1 aromatic heterocycles. The molecule has 4 nitrogen and oxygen atoms in total. The van der Waals surface area contributed by atoms with Crippen LogP contribution in [0.5, 0.6) is 0 Å². The van der Waals surface area contributed by atoms with Gasteiger partial charge in [0.25, 0.3) is 0 Å². The summed E-state index contributed by atoms with van der Waals surface area (Å²) in [7, 11) is -3.92. The Morgan fingerprint density at radius 2 is 1.64 bits per heavy atom. The van der Waals surface area contributed by atoms with E-state index in [1.807, 2.05) is 35.2 Å². The van der Waals surface area contributed by atoms with Gasteiger partial charge in [-0.2, -0.15) is 4.57 Å². The first kappa shape index (κ1) is 18.8. The van der Waals surface area contributed by atoms with E-state index in [9.17, 15) is 13.0 Å². The fraction of sp³-hybridized carbons (Fsp3) is 0.150. The molecule has 5 heteroatoms. The summed E-state index contributed by atoms with van der Waals surface area (Å²) in [5.74, 6) is -0.243. The molecule has 0 bridgehead atoms. The summed E-state index contributed by atoms with van der Waals surface area (Å²) in [6.07, 6.45) is 8.68. The van der Waals surface area contributed by atoms with Crippen LogP contribution in [-0.2, 0) is 10.1 Å². The average Bonchev–Trinajstić information content (AvgIpc) is 2.60. The number of rotatable bonds is 4. The van der Waals surface area contributed by atoms with Gasteiger partial charge in [-0.05, 0) is 22.8 Å². The van der Waals surface area contributed by atoms with Crippen molar-refractivity contribution in [2.75, 3.05) is 5.75 Å². The van der Waals surface area contributed by atoms with Gasteiger partial charge in [0.1, 0.15) is 0 Å². The van der Waals surface area contributed by atoms with Gasteiger partial charge >= 0.3 is 0 Å². The van der Waals surface area contributed by atoms with Crippen LogP contribution in [0.15, 0.2) is 73.1 Å². The fourth-order valence-corrected chi connectivity index (χ4v) is 2.82.